The first-order valence-corrected chi connectivity index (χ1v) is 8.85. The number of hydrogen-bond donors (Lipinski definition) is 1. The third-order valence-corrected chi connectivity index (χ3v) is 4.86. The Kier molecular flexibility index (Phi) is 4.44. The number of hydrogen-bond acceptors (Lipinski definition) is 4. The van der Waals surface area contributed by atoms with Crippen molar-refractivity contribution < 1.29 is 13.9 Å². The average molecular weight is 363 g/mol. The van der Waals surface area contributed by atoms with Gasteiger partial charge in [-0.3, -0.25) is 0 Å². The van der Waals surface area contributed by atoms with Crippen LogP contribution in [0.5, 0.6) is 11.5 Å². The van der Waals surface area contributed by atoms with Crippen LogP contribution >= 0.6 is 11.6 Å². The fourth-order valence-corrected chi connectivity index (χ4v) is 3.55. The predicted molar refractivity (Wildman–Crippen MR) is 96.4 cm³/mol. The van der Waals surface area contributed by atoms with E-state index in [0.717, 1.165) is 25.3 Å². The number of nitrogens with zero attached hydrogens (tertiary/aromatic N) is 1. The Labute approximate surface area is 151 Å². The van der Waals surface area contributed by atoms with Crippen LogP contribution in [0.2, 0.25) is 5.02 Å². The summed E-state index contributed by atoms with van der Waals surface area (Å²) in [7, 11) is 0. The zero-order valence-corrected chi connectivity index (χ0v) is 14.7. The molecule has 0 unspecified atom stereocenters. The summed E-state index contributed by atoms with van der Waals surface area (Å²) < 4.78 is 26.3. The van der Waals surface area contributed by atoms with Crippen LogP contribution in [-0.2, 0) is 0 Å². The summed E-state index contributed by atoms with van der Waals surface area (Å²) in [6.45, 7) is 5.13. The Morgan fingerprint density at radius 3 is 2.96 bits per heavy atom. The van der Waals surface area contributed by atoms with Gasteiger partial charge in [0, 0.05) is 36.3 Å². The van der Waals surface area contributed by atoms with Crippen LogP contribution < -0.4 is 19.7 Å². The van der Waals surface area contributed by atoms with E-state index in [4.69, 9.17) is 21.1 Å². The molecule has 0 aliphatic carbocycles. The average Bonchev–Trinajstić information content (AvgIpc) is 2.61. The number of rotatable bonds is 2. The van der Waals surface area contributed by atoms with Crippen molar-refractivity contribution in [1.29, 1.82) is 0 Å². The molecule has 2 aliphatic heterocycles. The number of anilines is 1. The van der Waals surface area contributed by atoms with Crippen LogP contribution in [0.4, 0.5) is 10.1 Å². The van der Waals surface area contributed by atoms with Crippen molar-refractivity contribution in [3.05, 3.63) is 52.8 Å². The topological polar surface area (TPSA) is 33.7 Å². The molecule has 2 aromatic carbocycles. The van der Waals surface area contributed by atoms with Crippen molar-refractivity contribution in [2.24, 2.45) is 0 Å². The Bertz CT molecular complexity index is 786. The third kappa shape index (κ3) is 3.26. The molecule has 0 bridgehead atoms. The maximum Gasteiger partial charge on any atom is 0.185 e. The van der Waals surface area contributed by atoms with Gasteiger partial charge in [0.25, 0.3) is 0 Å². The van der Waals surface area contributed by atoms with Crippen LogP contribution in [-0.4, -0.2) is 32.3 Å². The van der Waals surface area contributed by atoms with E-state index >= 15 is 0 Å². The number of fused-ring (bicyclic) bond motifs is 1. The van der Waals surface area contributed by atoms with Gasteiger partial charge in [-0.25, -0.2) is 4.39 Å². The molecule has 132 valence electrons. The van der Waals surface area contributed by atoms with E-state index in [0.29, 0.717) is 28.1 Å². The maximum atomic E-state index is 14.3. The summed E-state index contributed by atoms with van der Waals surface area (Å²) in [6.07, 6.45) is -0.494. The smallest absolute Gasteiger partial charge is 0.185 e. The largest absolute Gasteiger partial charge is 0.485 e. The molecule has 6 heteroatoms. The van der Waals surface area contributed by atoms with Crippen molar-refractivity contribution in [3.63, 3.8) is 0 Å². The normalized spacial score (nSPS) is 22.8. The summed E-state index contributed by atoms with van der Waals surface area (Å²) in [5.74, 6) is 1.01. The van der Waals surface area contributed by atoms with Gasteiger partial charge in [0.2, 0.25) is 0 Å². The molecule has 4 rings (SSSR count). The number of ether oxygens (including phenoxy) is 2. The number of para-hydroxylation sites is 1. The zero-order chi connectivity index (χ0) is 17.4. The molecule has 0 saturated carbocycles. The van der Waals surface area contributed by atoms with Crippen LogP contribution in [0, 0.1) is 5.82 Å². The molecule has 1 N–H and O–H groups in total. The quantitative estimate of drug-likeness (QED) is 0.881. The molecule has 1 fully saturated rings. The van der Waals surface area contributed by atoms with Gasteiger partial charge in [0.15, 0.2) is 17.6 Å². The number of benzene rings is 2. The summed E-state index contributed by atoms with van der Waals surface area (Å²) >= 11 is 5.85. The standard InChI is InChI=1S/C19H20ClFN2O2/c1-12-10-23(8-7-22-12)16-3-2-4-17-19(16)25-18(11-24-17)14-6-5-13(20)9-15(14)21/h2-6,9,12,18,22H,7-8,10-11H2,1H3/t12-,18+/m0/s1. The van der Waals surface area contributed by atoms with E-state index in [-0.39, 0.29) is 12.4 Å². The summed E-state index contributed by atoms with van der Waals surface area (Å²) in [4.78, 5) is 2.28. The SMILES string of the molecule is C[C@H]1CN(c2cccc3c2O[C@@H](c2ccc(Cl)cc2F)CO3)CCN1. The maximum absolute atomic E-state index is 14.3. The Hall–Kier alpha value is -1.98. The van der Waals surface area contributed by atoms with Gasteiger partial charge >= 0.3 is 0 Å². The molecule has 2 heterocycles. The second-order valence-corrected chi connectivity index (χ2v) is 6.93. The van der Waals surface area contributed by atoms with E-state index in [2.05, 4.69) is 17.1 Å². The van der Waals surface area contributed by atoms with E-state index in [1.165, 1.54) is 6.07 Å². The Balaban J connectivity index is 1.65. The highest BCUT2D eigenvalue weighted by molar-refractivity contribution is 6.30. The van der Waals surface area contributed by atoms with Gasteiger partial charge in [-0.05, 0) is 31.2 Å². The molecule has 4 nitrogen and oxygen atoms in total. The minimum Gasteiger partial charge on any atom is -0.485 e. The molecular formula is C19H20ClFN2O2. The lowest BCUT2D eigenvalue weighted by atomic mass is 10.1. The lowest BCUT2D eigenvalue weighted by molar-refractivity contribution is 0.0891. The monoisotopic (exact) mass is 362 g/mol. The molecule has 2 aliphatic rings. The van der Waals surface area contributed by atoms with Gasteiger partial charge in [0.05, 0.1) is 5.69 Å². The van der Waals surface area contributed by atoms with Gasteiger partial charge in [-0.2, -0.15) is 0 Å². The molecule has 2 aromatic rings. The molecule has 25 heavy (non-hydrogen) atoms. The van der Waals surface area contributed by atoms with Gasteiger partial charge in [-0.15, -0.1) is 0 Å². The fraction of sp³-hybridized carbons (Fsp3) is 0.368. The molecule has 0 spiro atoms. The van der Waals surface area contributed by atoms with Crippen LogP contribution in [0.25, 0.3) is 0 Å². The second kappa shape index (κ2) is 6.73. The number of nitrogens with one attached hydrogen (secondary N) is 1. The first kappa shape index (κ1) is 16.5. The summed E-state index contributed by atoms with van der Waals surface area (Å²) in [5, 5.41) is 3.80. The van der Waals surface area contributed by atoms with Crippen molar-refractivity contribution in [1.82, 2.24) is 5.32 Å². The highest BCUT2D eigenvalue weighted by Gasteiger charge is 2.29. The lowest BCUT2D eigenvalue weighted by Gasteiger charge is -2.36. The zero-order valence-electron chi connectivity index (χ0n) is 14.0. The third-order valence-electron chi connectivity index (χ3n) is 4.63. The first-order chi connectivity index (χ1) is 12.1. The second-order valence-electron chi connectivity index (χ2n) is 6.49. The van der Waals surface area contributed by atoms with Crippen LogP contribution in [0.1, 0.15) is 18.6 Å². The molecular weight excluding hydrogens is 343 g/mol. The molecule has 0 radical (unpaired) electrons. The molecule has 0 aromatic heterocycles. The molecule has 2 atom stereocenters. The van der Waals surface area contributed by atoms with Crippen molar-refractivity contribution >= 4 is 17.3 Å². The fourth-order valence-electron chi connectivity index (χ4n) is 3.39. The van der Waals surface area contributed by atoms with Crippen molar-refractivity contribution in [2.75, 3.05) is 31.1 Å². The van der Waals surface area contributed by atoms with Crippen LogP contribution in [0.3, 0.4) is 0 Å². The lowest BCUT2D eigenvalue weighted by Crippen LogP contribution is -2.49. The summed E-state index contributed by atoms with van der Waals surface area (Å²) in [5.41, 5.74) is 1.45. The summed E-state index contributed by atoms with van der Waals surface area (Å²) in [6, 6.07) is 10.9. The minimum atomic E-state index is -0.494. The minimum absolute atomic E-state index is 0.271. The predicted octanol–water partition coefficient (Wildman–Crippen LogP) is 3.79. The van der Waals surface area contributed by atoms with E-state index in [1.54, 1.807) is 12.1 Å². The van der Waals surface area contributed by atoms with E-state index in [9.17, 15) is 4.39 Å². The molecule has 0 amide bonds. The van der Waals surface area contributed by atoms with Crippen LogP contribution in [0.15, 0.2) is 36.4 Å². The van der Waals surface area contributed by atoms with E-state index in [1.807, 2.05) is 18.2 Å². The van der Waals surface area contributed by atoms with Crippen molar-refractivity contribution in [3.8, 4) is 11.5 Å². The van der Waals surface area contributed by atoms with Gasteiger partial charge < -0.3 is 19.7 Å². The van der Waals surface area contributed by atoms with Crippen molar-refractivity contribution in [2.45, 2.75) is 19.1 Å². The van der Waals surface area contributed by atoms with Gasteiger partial charge in [0.1, 0.15) is 12.4 Å². The highest BCUT2D eigenvalue weighted by Crippen LogP contribution is 2.44. The highest BCUT2D eigenvalue weighted by atomic mass is 35.5. The molecule has 1 saturated heterocycles. The van der Waals surface area contributed by atoms with Gasteiger partial charge in [-0.1, -0.05) is 23.7 Å². The first-order valence-electron chi connectivity index (χ1n) is 8.47. The number of halogens is 2. The van der Waals surface area contributed by atoms with E-state index < -0.39 is 6.10 Å². The number of piperazine rings is 1. The Morgan fingerprint density at radius 2 is 2.16 bits per heavy atom. The Morgan fingerprint density at radius 1 is 1.28 bits per heavy atom.